The van der Waals surface area contributed by atoms with E-state index in [-0.39, 0.29) is 0 Å². The van der Waals surface area contributed by atoms with Crippen LogP contribution in [0.3, 0.4) is 0 Å². The molecule has 222 valence electrons. The Morgan fingerprint density at radius 2 is 1.65 bits per heavy atom. The van der Waals surface area contributed by atoms with E-state index in [1.54, 1.807) is 20.5 Å². The van der Waals surface area contributed by atoms with Gasteiger partial charge in [0.15, 0.2) is 11.5 Å². The van der Waals surface area contributed by atoms with E-state index >= 15 is 0 Å². The summed E-state index contributed by atoms with van der Waals surface area (Å²) in [4.78, 5) is 9.43. The number of piperazine rings is 1. The Labute approximate surface area is 243 Å². The highest BCUT2D eigenvalue weighted by Gasteiger charge is 2.15. The zero-order valence-corrected chi connectivity index (χ0v) is 26.3. The zero-order chi connectivity index (χ0) is 29.8. The smallest absolute Gasteiger partial charge is 0.161 e. The molecule has 1 N–H and O–H groups in total. The van der Waals surface area contributed by atoms with E-state index in [4.69, 9.17) is 9.47 Å². The SMILES string of the molecule is C/C=C/C1=CNc2ncc(-c3ccc(OCCN4CCN(C)CC4)c(OC)c3)cc2C1.C/C=C/OC.CC.CC. The van der Waals surface area contributed by atoms with Crippen molar-refractivity contribution < 1.29 is 14.2 Å². The summed E-state index contributed by atoms with van der Waals surface area (Å²) in [7, 11) is 5.49. The molecule has 1 aromatic carbocycles. The number of hydrogen-bond acceptors (Lipinski definition) is 7. The summed E-state index contributed by atoms with van der Waals surface area (Å²) in [6.07, 6.45) is 12.4. The second kappa shape index (κ2) is 20.6. The van der Waals surface area contributed by atoms with Gasteiger partial charge in [0, 0.05) is 57.1 Å². The third kappa shape index (κ3) is 11.4. The van der Waals surface area contributed by atoms with Gasteiger partial charge in [0.25, 0.3) is 0 Å². The van der Waals surface area contributed by atoms with Crippen LogP contribution in [-0.4, -0.2) is 75.4 Å². The first kappa shape index (κ1) is 34.7. The fraction of sp³-hybridized carbons (Fsp3) is 0.485. The van der Waals surface area contributed by atoms with Crippen molar-refractivity contribution in [2.45, 2.75) is 48.0 Å². The molecule has 0 atom stereocenters. The lowest BCUT2D eigenvalue weighted by Crippen LogP contribution is -2.45. The van der Waals surface area contributed by atoms with Crippen LogP contribution < -0.4 is 14.8 Å². The zero-order valence-electron chi connectivity index (χ0n) is 26.3. The molecule has 7 nitrogen and oxygen atoms in total. The highest BCUT2D eigenvalue weighted by Crippen LogP contribution is 2.34. The van der Waals surface area contributed by atoms with Crippen LogP contribution in [0.1, 0.15) is 47.1 Å². The summed E-state index contributed by atoms with van der Waals surface area (Å²) in [5, 5.41) is 3.28. The number of benzene rings is 1. The minimum absolute atomic E-state index is 0.658. The van der Waals surface area contributed by atoms with Crippen LogP contribution in [0.15, 0.2) is 66.7 Å². The Bertz CT molecular complexity index is 1060. The molecule has 0 radical (unpaired) electrons. The van der Waals surface area contributed by atoms with Crippen LogP contribution in [-0.2, 0) is 11.2 Å². The molecule has 1 saturated heterocycles. The Hall–Kier alpha value is -3.29. The number of fused-ring (bicyclic) bond motifs is 1. The minimum Gasteiger partial charge on any atom is -0.505 e. The van der Waals surface area contributed by atoms with Gasteiger partial charge in [0.05, 0.1) is 20.5 Å². The number of hydrogen-bond donors (Lipinski definition) is 1. The average molecular weight is 553 g/mol. The predicted octanol–water partition coefficient (Wildman–Crippen LogP) is 7.03. The van der Waals surface area contributed by atoms with E-state index in [0.717, 1.165) is 67.6 Å². The topological polar surface area (TPSA) is 59.1 Å². The molecule has 0 spiro atoms. The molecule has 0 bridgehead atoms. The first-order valence-electron chi connectivity index (χ1n) is 14.5. The van der Waals surface area contributed by atoms with Gasteiger partial charge in [-0.05, 0) is 55.8 Å². The number of likely N-dealkylation sites (N-methyl/N-ethyl adjacent to an activating group) is 1. The minimum atomic E-state index is 0.658. The van der Waals surface area contributed by atoms with E-state index < -0.39 is 0 Å². The van der Waals surface area contributed by atoms with Gasteiger partial charge in [-0.3, -0.25) is 4.90 Å². The van der Waals surface area contributed by atoms with Crippen molar-refractivity contribution in [1.82, 2.24) is 14.8 Å². The number of nitrogens with one attached hydrogen (secondary N) is 1. The summed E-state index contributed by atoms with van der Waals surface area (Å²) in [6.45, 7) is 18.0. The maximum Gasteiger partial charge on any atom is 0.161 e. The Balaban J connectivity index is 0.000000789. The Morgan fingerprint density at radius 1 is 0.925 bits per heavy atom. The number of pyridine rings is 1. The van der Waals surface area contributed by atoms with Crippen LogP contribution >= 0.6 is 0 Å². The Kier molecular flexibility index (Phi) is 17.9. The Morgan fingerprint density at radius 3 is 2.25 bits per heavy atom. The molecule has 1 fully saturated rings. The first-order valence-corrected chi connectivity index (χ1v) is 14.5. The van der Waals surface area contributed by atoms with Gasteiger partial charge in [-0.25, -0.2) is 4.98 Å². The summed E-state index contributed by atoms with van der Waals surface area (Å²) in [5.74, 6) is 2.46. The van der Waals surface area contributed by atoms with Gasteiger partial charge in [-0.15, -0.1) is 0 Å². The van der Waals surface area contributed by atoms with Gasteiger partial charge in [-0.1, -0.05) is 52.0 Å². The van der Waals surface area contributed by atoms with Crippen molar-refractivity contribution in [3.8, 4) is 22.6 Å². The molecule has 4 rings (SSSR count). The van der Waals surface area contributed by atoms with Gasteiger partial charge in [-0.2, -0.15) is 0 Å². The second-order valence-corrected chi connectivity index (χ2v) is 8.84. The number of allylic oxidation sites excluding steroid dienone is 4. The van der Waals surface area contributed by atoms with E-state index in [9.17, 15) is 0 Å². The third-order valence-corrected chi connectivity index (χ3v) is 6.17. The monoisotopic (exact) mass is 552 g/mol. The van der Waals surface area contributed by atoms with Crippen LogP contribution in [0.4, 0.5) is 5.82 Å². The predicted molar refractivity (Wildman–Crippen MR) is 170 cm³/mol. The quantitative estimate of drug-likeness (QED) is 0.353. The largest absolute Gasteiger partial charge is 0.505 e. The molecule has 2 aliphatic rings. The van der Waals surface area contributed by atoms with Crippen LogP contribution in [0, 0.1) is 0 Å². The van der Waals surface area contributed by atoms with E-state index in [2.05, 4.69) is 56.2 Å². The number of ether oxygens (including phenoxy) is 3. The van der Waals surface area contributed by atoms with Gasteiger partial charge < -0.3 is 24.4 Å². The molecule has 2 aromatic rings. The van der Waals surface area contributed by atoms with Gasteiger partial charge in [0.1, 0.15) is 12.4 Å². The molecule has 3 heterocycles. The number of anilines is 1. The van der Waals surface area contributed by atoms with Crippen LogP contribution in [0.2, 0.25) is 0 Å². The summed E-state index contributed by atoms with van der Waals surface area (Å²) in [5.41, 5.74) is 4.58. The molecule has 0 saturated carbocycles. The number of methoxy groups -OCH3 is 2. The average Bonchev–Trinajstić information content (AvgIpc) is 3.01. The van der Waals surface area contributed by atoms with Gasteiger partial charge in [0.2, 0.25) is 0 Å². The fourth-order valence-corrected chi connectivity index (χ4v) is 4.14. The molecule has 40 heavy (non-hydrogen) atoms. The highest BCUT2D eigenvalue weighted by molar-refractivity contribution is 5.70. The summed E-state index contributed by atoms with van der Waals surface area (Å²) in [6, 6.07) is 8.32. The molecule has 0 aliphatic carbocycles. The van der Waals surface area contributed by atoms with Crippen molar-refractivity contribution in [2.24, 2.45) is 0 Å². The molecule has 7 heteroatoms. The second-order valence-electron chi connectivity index (χ2n) is 8.84. The van der Waals surface area contributed by atoms with Gasteiger partial charge >= 0.3 is 0 Å². The van der Waals surface area contributed by atoms with E-state index in [0.29, 0.717) is 6.61 Å². The lowest BCUT2D eigenvalue weighted by molar-refractivity contribution is 0.133. The molecule has 0 amide bonds. The molecular weight excluding hydrogens is 500 g/mol. The van der Waals surface area contributed by atoms with Crippen molar-refractivity contribution in [3.63, 3.8) is 0 Å². The number of rotatable bonds is 8. The molecule has 0 unspecified atom stereocenters. The van der Waals surface area contributed by atoms with Crippen LogP contribution in [0.25, 0.3) is 11.1 Å². The maximum atomic E-state index is 6.06. The normalized spacial score (nSPS) is 14.8. The summed E-state index contributed by atoms with van der Waals surface area (Å²) < 4.78 is 16.2. The lowest BCUT2D eigenvalue weighted by atomic mass is 9.99. The van der Waals surface area contributed by atoms with Crippen molar-refractivity contribution in [2.75, 3.05) is 65.9 Å². The third-order valence-electron chi connectivity index (χ3n) is 6.17. The van der Waals surface area contributed by atoms with Crippen molar-refractivity contribution in [3.05, 3.63) is 72.3 Å². The molecule has 2 aliphatic heterocycles. The van der Waals surface area contributed by atoms with Crippen LogP contribution in [0.5, 0.6) is 11.5 Å². The number of nitrogens with zero attached hydrogens (tertiary/aromatic N) is 3. The standard InChI is InChI=1S/C25H32N4O2.C4H8O.2C2H6/c1-4-5-19-14-21-15-22(18-27-25(21)26-17-19)20-6-7-23(24(16-20)30-3)31-13-12-29-10-8-28(2)9-11-29;1-3-4-5-2;2*1-2/h4-7,15-18H,8-14H2,1-3H3,(H,26,27);3-4H,1-2H3;2*1-2H3/b5-4+;4-3+;;. The molecule has 1 aromatic heterocycles. The van der Waals surface area contributed by atoms with Crippen molar-refractivity contribution >= 4 is 5.82 Å². The summed E-state index contributed by atoms with van der Waals surface area (Å²) >= 11 is 0. The molecular formula is C33H52N4O3. The number of aromatic nitrogens is 1. The van der Waals surface area contributed by atoms with E-state index in [1.807, 2.05) is 72.1 Å². The lowest BCUT2D eigenvalue weighted by Gasteiger charge is -2.32. The fourth-order valence-electron chi connectivity index (χ4n) is 4.14. The van der Waals surface area contributed by atoms with Crippen molar-refractivity contribution in [1.29, 1.82) is 0 Å². The maximum absolute atomic E-state index is 6.06. The first-order chi connectivity index (χ1) is 19.6. The highest BCUT2D eigenvalue weighted by atomic mass is 16.5. The van der Waals surface area contributed by atoms with E-state index in [1.165, 1.54) is 11.1 Å².